The van der Waals surface area contributed by atoms with Crippen molar-refractivity contribution in [1.29, 1.82) is 0 Å². The number of hydrogen-bond donors (Lipinski definition) is 0. The molecule has 0 aliphatic carbocycles. The molecule has 0 spiro atoms. The lowest BCUT2D eigenvalue weighted by atomic mass is 10.1. The van der Waals surface area contributed by atoms with E-state index in [0.29, 0.717) is 12.1 Å². The van der Waals surface area contributed by atoms with Crippen LogP contribution in [0.5, 0.6) is 0 Å². The van der Waals surface area contributed by atoms with Gasteiger partial charge in [-0.3, -0.25) is 9.78 Å². The van der Waals surface area contributed by atoms with Crippen LogP contribution in [0, 0.1) is 0 Å². The minimum Gasteiger partial charge on any atom is -0.292 e. The summed E-state index contributed by atoms with van der Waals surface area (Å²) in [7, 11) is 0. The van der Waals surface area contributed by atoms with Gasteiger partial charge in [0, 0.05) is 10.9 Å². The molecule has 0 atom stereocenters. The van der Waals surface area contributed by atoms with Gasteiger partial charge < -0.3 is 0 Å². The number of para-hydroxylation sites is 2. The topological polar surface area (TPSA) is 42.9 Å². The quantitative estimate of drug-likeness (QED) is 0.687. The van der Waals surface area contributed by atoms with Crippen LogP contribution < -0.4 is 0 Å². The number of Topliss-reactive ketones (excluding diaryl/α,β-unsaturated/α-hetero) is 1. The van der Waals surface area contributed by atoms with Crippen molar-refractivity contribution >= 4 is 32.7 Å². The zero-order valence-electron chi connectivity index (χ0n) is 10.6. The van der Waals surface area contributed by atoms with Crippen LogP contribution in [0.3, 0.4) is 0 Å². The predicted octanol–water partition coefficient (Wildman–Crippen LogP) is 3.82. The number of nitrogens with zero attached hydrogens (tertiary/aromatic N) is 2. The molecule has 0 fully saturated rings. The van der Waals surface area contributed by atoms with E-state index in [9.17, 15) is 4.79 Å². The van der Waals surface area contributed by atoms with Crippen LogP contribution in [0.4, 0.5) is 0 Å². The molecule has 1 aromatic heterocycles. The Hall–Kier alpha value is -2.07. The Kier molecular flexibility index (Phi) is 3.56. The van der Waals surface area contributed by atoms with Crippen molar-refractivity contribution in [3.8, 4) is 0 Å². The van der Waals surface area contributed by atoms with E-state index in [-0.39, 0.29) is 5.78 Å². The Morgan fingerprint density at radius 2 is 1.70 bits per heavy atom. The maximum atomic E-state index is 12.3. The van der Waals surface area contributed by atoms with E-state index >= 15 is 0 Å². The summed E-state index contributed by atoms with van der Waals surface area (Å²) in [4.78, 5) is 20.9. The van der Waals surface area contributed by atoms with Gasteiger partial charge in [-0.2, -0.15) is 0 Å². The lowest BCUT2D eigenvalue weighted by Gasteiger charge is -2.04. The van der Waals surface area contributed by atoms with Crippen LogP contribution >= 0.6 is 15.9 Å². The molecule has 4 heteroatoms. The average molecular weight is 327 g/mol. The van der Waals surface area contributed by atoms with E-state index in [0.717, 1.165) is 21.1 Å². The zero-order valence-corrected chi connectivity index (χ0v) is 12.2. The Morgan fingerprint density at radius 1 is 1.00 bits per heavy atom. The number of rotatable bonds is 3. The summed E-state index contributed by atoms with van der Waals surface area (Å²) in [6.07, 6.45) is 1.86. The monoisotopic (exact) mass is 326 g/mol. The molecule has 3 nitrogen and oxygen atoms in total. The van der Waals surface area contributed by atoms with E-state index in [1.807, 2.05) is 48.5 Å². The molecule has 20 heavy (non-hydrogen) atoms. The predicted molar refractivity (Wildman–Crippen MR) is 81.7 cm³/mol. The third-order valence-electron chi connectivity index (χ3n) is 3.04. The minimum absolute atomic E-state index is 0.0323. The molecule has 0 bridgehead atoms. The number of halogens is 1. The first kappa shape index (κ1) is 12.9. The van der Waals surface area contributed by atoms with Gasteiger partial charge in [0.1, 0.15) is 5.69 Å². The molecule has 0 aliphatic heterocycles. The second kappa shape index (κ2) is 5.51. The molecule has 3 aromatic rings. The largest absolute Gasteiger partial charge is 0.292 e. The first-order chi connectivity index (χ1) is 9.74. The van der Waals surface area contributed by atoms with Crippen LogP contribution in [0.25, 0.3) is 11.0 Å². The smallest absolute Gasteiger partial charge is 0.187 e. The number of carbonyl (C=O) groups is 1. The standard InChI is InChI=1S/C16H11BrN2O/c17-12-6-2-1-5-11(12)9-16(20)15-10-18-13-7-3-4-8-14(13)19-15/h1-8,10H,9H2. The van der Waals surface area contributed by atoms with E-state index < -0.39 is 0 Å². The van der Waals surface area contributed by atoms with Crippen LogP contribution in [-0.2, 0) is 6.42 Å². The first-order valence-corrected chi connectivity index (χ1v) is 7.02. The summed E-state index contributed by atoms with van der Waals surface area (Å²) >= 11 is 3.45. The Bertz CT molecular complexity index is 786. The van der Waals surface area contributed by atoms with Gasteiger partial charge in [-0.05, 0) is 23.8 Å². The maximum Gasteiger partial charge on any atom is 0.187 e. The first-order valence-electron chi connectivity index (χ1n) is 6.22. The highest BCUT2D eigenvalue weighted by molar-refractivity contribution is 9.10. The van der Waals surface area contributed by atoms with E-state index in [1.165, 1.54) is 0 Å². The number of carbonyl (C=O) groups excluding carboxylic acids is 1. The minimum atomic E-state index is -0.0323. The van der Waals surface area contributed by atoms with Crippen molar-refractivity contribution in [2.45, 2.75) is 6.42 Å². The molecule has 0 N–H and O–H groups in total. The molecule has 0 saturated carbocycles. The molecule has 3 rings (SSSR count). The van der Waals surface area contributed by atoms with Crippen LogP contribution in [0.15, 0.2) is 59.2 Å². The number of ketones is 1. The van der Waals surface area contributed by atoms with Gasteiger partial charge >= 0.3 is 0 Å². The molecule has 0 saturated heterocycles. The van der Waals surface area contributed by atoms with E-state index in [1.54, 1.807) is 6.20 Å². The highest BCUT2D eigenvalue weighted by Gasteiger charge is 2.11. The Morgan fingerprint density at radius 3 is 2.50 bits per heavy atom. The lowest BCUT2D eigenvalue weighted by molar-refractivity contribution is 0.0988. The van der Waals surface area contributed by atoms with Crippen molar-refractivity contribution in [2.75, 3.05) is 0 Å². The molecule has 0 amide bonds. The van der Waals surface area contributed by atoms with Crippen LogP contribution in [0.2, 0.25) is 0 Å². The van der Waals surface area contributed by atoms with Crippen molar-refractivity contribution in [3.05, 3.63) is 70.5 Å². The fraction of sp³-hybridized carbons (Fsp3) is 0.0625. The molecular formula is C16H11BrN2O. The van der Waals surface area contributed by atoms with Gasteiger partial charge in [-0.25, -0.2) is 4.98 Å². The number of fused-ring (bicyclic) bond motifs is 1. The Balaban J connectivity index is 1.91. The second-order valence-electron chi connectivity index (χ2n) is 4.44. The van der Waals surface area contributed by atoms with Crippen LogP contribution in [0.1, 0.15) is 16.1 Å². The maximum absolute atomic E-state index is 12.3. The number of hydrogen-bond acceptors (Lipinski definition) is 3. The third-order valence-corrected chi connectivity index (χ3v) is 3.82. The van der Waals surface area contributed by atoms with Gasteiger partial charge in [0.05, 0.1) is 17.2 Å². The summed E-state index contributed by atoms with van der Waals surface area (Å²) < 4.78 is 0.932. The number of benzene rings is 2. The summed E-state index contributed by atoms with van der Waals surface area (Å²) in [5, 5.41) is 0. The molecule has 0 aliphatic rings. The van der Waals surface area contributed by atoms with E-state index in [2.05, 4.69) is 25.9 Å². The lowest BCUT2D eigenvalue weighted by Crippen LogP contribution is -2.07. The second-order valence-corrected chi connectivity index (χ2v) is 5.29. The average Bonchev–Trinajstić information content (AvgIpc) is 2.49. The molecule has 0 unspecified atom stereocenters. The third kappa shape index (κ3) is 2.60. The van der Waals surface area contributed by atoms with Gasteiger partial charge in [-0.15, -0.1) is 0 Å². The van der Waals surface area contributed by atoms with Crippen molar-refractivity contribution in [3.63, 3.8) is 0 Å². The van der Waals surface area contributed by atoms with Gasteiger partial charge in [-0.1, -0.05) is 46.3 Å². The summed E-state index contributed by atoms with van der Waals surface area (Å²) in [6, 6.07) is 15.2. The fourth-order valence-corrected chi connectivity index (χ4v) is 2.42. The molecule has 2 aromatic carbocycles. The SMILES string of the molecule is O=C(Cc1ccccc1Br)c1cnc2ccccc2n1. The highest BCUT2D eigenvalue weighted by atomic mass is 79.9. The summed E-state index contributed by atoms with van der Waals surface area (Å²) in [5.41, 5.74) is 2.89. The summed E-state index contributed by atoms with van der Waals surface area (Å²) in [5.74, 6) is -0.0323. The molecule has 1 heterocycles. The highest BCUT2D eigenvalue weighted by Crippen LogP contribution is 2.18. The Labute approximate surface area is 124 Å². The fourth-order valence-electron chi connectivity index (χ4n) is 2.00. The van der Waals surface area contributed by atoms with Crippen molar-refractivity contribution in [2.24, 2.45) is 0 Å². The van der Waals surface area contributed by atoms with E-state index in [4.69, 9.17) is 0 Å². The van der Waals surface area contributed by atoms with Gasteiger partial charge in [0.25, 0.3) is 0 Å². The van der Waals surface area contributed by atoms with Gasteiger partial charge in [0.15, 0.2) is 5.78 Å². The summed E-state index contributed by atoms with van der Waals surface area (Å²) in [6.45, 7) is 0. The number of aromatic nitrogens is 2. The van der Waals surface area contributed by atoms with Gasteiger partial charge in [0.2, 0.25) is 0 Å². The molecule has 98 valence electrons. The molecule has 0 radical (unpaired) electrons. The molecular weight excluding hydrogens is 316 g/mol. The van der Waals surface area contributed by atoms with Crippen molar-refractivity contribution in [1.82, 2.24) is 9.97 Å². The zero-order chi connectivity index (χ0) is 13.9. The van der Waals surface area contributed by atoms with Crippen molar-refractivity contribution < 1.29 is 4.79 Å². The van der Waals surface area contributed by atoms with Crippen LogP contribution in [-0.4, -0.2) is 15.8 Å². The normalized spacial score (nSPS) is 10.7.